The minimum atomic E-state index is -0.822. The van der Waals surface area contributed by atoms with Gasteiger partial charge in [0, 0.05) is 12.1 Å². The molecule has 0 atom stereocenters. The Morgan fingerprint density at radius 3 is 2.10 bits per heavy atom. The normalized spacial score (nSPS) is 22.2. The number of nitrogens with one attached hydrogen (secondary N) is 3. The molecule has 2 saturated carbocycles. The number of hydrogen-bond acceptors (Lipinski definition) is 5. The molecule has 2 fully saturated rings. The van der Waals surface area contributed by atoms with Crippen molar-refractivity contribution in [2.45, 2.75) is 89.4 Å². The number of aromatic nitrogens is 2. The van der Waals surface area contributed by atoms with Gasteiger partial charge in [0.2, 0.25) is 11.7 Å². The quantitative estimate of drug-likeness (QED) is 0.354. The van der Waals surface area contributed by atoms with Gasteiger partial charge >= 0.3 is 5.69 Å². The zero-order valence-electron chi connectivity index (χ0n) is 24.1. The van der Waals surface area contributed by atoms with Gasteiger partial charge in [-0.05, 0) is 74.3 Å². The molecule has 3 N–H and O–H groups in total. The van der Waals surface area contributed by atoms with E-state index in [0.717, 1.165) is 61.5 Å². The van der Waals surface area contributed by atoms with Crippen LogP contribution >= 0.6 is 0 Å². The molecule has 0 aliphatic heterocycles. The van der Waals surface area contributed by atoms with Crippen LogP contribution in [0.3, 0.4) is 0 Å². The molecule has 3 aromatic rings. The summed E-state index contributed by atoms with van der Waals surface area (Å²) in [7, 11) is 0. The molecular weight excluding hydrogens is 532 g/mol. The highest BCUT2D eigenvalue weighted by molar-refractivity contribution is 5.95. The first-order valence-electron chi connectivity index (χ1n) is 15.1. The lowest BCUT2D eigenvalue weighted by Gasteiger charge is -2.29. The SMILES string of the molecule is CC1CCC(NC(=O)Cn2c(=O)[nH]c(C(=O)NC3CCC(c4ccccc4)CC3)c(OCc3ccccc3)c2=O)CC1. The number of aromatic amines is 1. The molecule has 42 heavy (non-hydrogen) atoms. The lowest BCUT2D eigenvalue weighted by molar-refractivity contribution is -0.122. The van der Waals surface area contributed by atoms with Gasteiger partial charge in [-0.3, -0.25) is 19.4 Å². The van der Waals surface area contributed by atoms with Crippen molar-refractivity contribution in [1.29, 1.82) is 0 Å². The summed E-state index contributed by atoms with van der Waals surface area (Å²) in [5.74, 6) is -0.179. The van der Waals surface area contributed by atoms with Gasteiger partial charge in [-0.15, -0.1) is 0 Å². The molecule has 2 aliphatic carbocycles. The second-order valence-electron chi connectivity index (χ2n) is 11.8. The Balaban J connectivity index is 1.32. The van der Waals surface area contributed by atoms with Crippen LogP contribution in [-0.2, 0) is 17.9 Å². The third-order valence-electron chi connectivity index (χ3n) is 8.61. The van der Waals surface area contributed by atoms with E-state index in [9.17, 15) is 19.2 Å². The summed E-state index contributed by atoms with van der Waals surface area (Å²) in [6, 6.07) is 19.5. The zero-order valence-corrected chi connectivity index (χ0v) is 24.1. The molecular formula is C33H40N4O5. The summed E-state index contributed by atoms with van der Waals surface area (Å²) in [4.78, 5) is 55.4. The number of hydrogen-bond donors (Lipinski definition) is 3. The van der Waals surface area contributed by atoms with E-state index in [2.05, 4.69) is 34.7 Å². The van der Waals surface area contributed by atoms with Gasteiger partial charge in [0.1, 0.15) is 13.2 Å². The molecule has 222 valence electrons. The van der Waals surface area contributed by atoms with Crippen LogP contribution in [0.2, 0.25) is 0 Å². The van der Waals surface area contributed by atoms with Crippen molar-refractivity contribution in [3.8, 4) is 5.75 Å². The first-order valence-corrected chi connectivity index (χ1v) is 15.1. The van der Waals surface area contributed by atoms with Crippen molar-refractivity contribution in [1.82, 2.24) is 20.2 Å². The van der Waals surface area contributed by atoms with Crippen molar-refractivity contribution >= 4 is 11.8 Å². The predicted octanol–water partition coefficient (Wildman–Crippen LogP) is 4.27. The molecule has 2 aliphatic rings. The molecule has 5 rings (SSSR count). The molecule has 0 spiro atoms. The number of nitrogens with zero attached hydrogens (tertiary/aromatic N) is 1. The second-order valence-corrected chi connectivity index (χ2v) is 11.8. The Kier molecular flexibility index (Phi) is 9.56. The summed E-state index contributed by atoms with van der Waals surface area (Å²) < 4.78 is 6.69. The molecule has 1 aromatic heterocycles. The minimum Gasteiger partial charge on any atom is -0.481 e. The van der Waals surface area contributed by atoms with Crippen molar-refractivity contribution < 1.29 is 14.3 Å². The lowest BCUT2D eigenvalue weighted by Crippen LogP contribution is -2.46. The van der Waals surface area contributed by atoms with Crippen molar-refractivity contribution in [2.75, 3.05) is 0 Å². The number of ether oxygens (including phenoxy) is 1. The van der Waals surface area contributed by atoms with Gasteiger partial charge < -0.3 is 15.4 Å². The molecule has 9 heteroatoms. The van der Waals surface area contributed by atoms with Crippen LogP contribution in [0.5, 0.6) is 5.75 Å². The first kappa shape index (κ1) is 29.4. The number of carbonyl (C=O) groups is 2. The van der Waals surface area contributed by atoms with Crippen molar-refractivity contribution in [3.63, 3.8) is 0 Å². The average Bonchev–Trinajstić information content (AvgIpc) is 3.01. The molecule has 1 heterocycles. The van der Waals surface area contributed by atoms with E-state index >= 15 is 0 Å². The summed E-state index contributed by atoms with van der Waals surface area (Å²) in [6.45, 7) is 1.77. The van der Waals surface area contributed by atoms with Gasteiger partial charge in [-0.1, -0.05) is 67.6 Å². The average molecular weight is 573 g/mol. The minimum absolute atomic E-state index is 0.0248. The number of H-pyrrole nitrogens is 1. The fourth-order valence-electron chi connectivity index (χ4n) is 6.10. The largest absolute Gasteiger partial charge is 0.481 e. The van der Waals surface area contributed by atoms with Gasteiger partial charge in [0.05, 0.1) is 0 Å². The highest BCUT2D eigenvalue weighted by atomic mass is 16.5. The Labute approximate surface area is 245 Å². The highest BCUT2D eigenvalue weighted by Gasteiger charge is 2.28. The molecule has 0 unspecified atom stereocenters. The van der Waals surface area contributed by atoms with E-state index in [-0.39, 0.29) is 30.1 Å². The maximum absolute atomic E-state index is 13.6. The lowest BCUT2D eigenvalue weighted by atomic mass is 9.82. The fourth-order valence-corrected chi connectivity index (χ4v) is 6.10. The van der Waals surface area contributed by atoms with Crippen molar-refractivity contribution in [3.05, 3.63) is 98.3 Å². The fraction of sp³-hybridized carbons (Fsp3) is 0.455. The van der Waals surface area contributed by atoms with E-state index in [1.54, 1.807) is 0 Å². The van der Waals surface area contributed by atoms with E-state index in [4.69, 9.17) is 4.74 Å². The van der Waals surface area contributed by atoms with Crippen LogP contribution in [0, 0.1) is 5.92 Å². The van der Waals surface area contributed by atoms with E-state index in [1.165, 1.54) is 5.56 Å². The monoisotopic (exact) mass is 572 g/mol. The molecule has 2 aromatic carbocycles. The molecule has 0 radical (unpaired) electrons. The standard InChI is InChI=1S/C33H40N4O5/c1-22-12-16-26(17-13-22)34-28(38)20-37-32(40)30(42-21-23-8-4-2-5-9-23)29(36-33(37)41)31(39)35-27-18-14-25(15-19-27)24-10-6-3-7-11-24/h2-11,22,25-27H,12-21H2,1H3,(H,34,38)(H,35,39)(H,36,41). The van der Waals surface area contributed by atoms with Gasteiger partial charge in [0.25, 0.3) is 11.5 Å². The number of amides is 2. The number of rotatable bonds is 9. The topological polar surface area (TPSA) is 122 Å². The smallest absolute Gasteiger partial charge is 0.329 e. The van der Waals surface area contributed by atoms with Gasteiger partial charge in [-0.25, -0.2) is 9.36 Å². The van der Waals surface area contributed by atoms with Crippen molar-refractivity contribution in [2.24, 2.45) is 5.92 Å². The summed E-state index contributed by atoms with van der Waals surface area (Å²) in [5, 5.41) is 5.96. The van der Waals surface area contributed by atoms with Gasteiger partial charge in [0.15, 0.2) is 5.69 Å². The van der Waals surface area contributed by atoms with Gasteiger partial charge in [-0.2, -0.15) is 0 Å². The number of benzene rings is 2. The van der Waals surface area contributed by atoms with Crippen LogP contribution in [0.15, 0.2) is 70.3 Å². The van der Waals surface area contributed by atoms with E-state index < -0.39 is 29.6 Å². The van der Waals surface area contributed by atoms with E-state index in [0.29, 0.717) is 11.8 Å². The zero-order chi connectivity index (χ0) is 29.5. The van der Waals surface area contributed by atoms with Crippen LogP contribution in [-0.4, -0.2) is 33.4 Å². The second kappa shape index (κ2) is 13.7. The summed E-state index contributed by atoms with van der Waals surface area (Å²) in [6.07, 6.45) is 7.23. The summed E-state index contributed by atoms with van der Waals surface area (Å²) in [5.41, 5.74) is 0.250. The molecule has 2 amide bonds. The van der Waals surface area contributed by atoms with Crippen LogP contribution in [0.1, 0.15) is 85.8 Å². The Bertz CT molecular complexity index is 1470. The Morgan fingerprint density at radius 2 is 1.43 bits per heavy atom. The molecule has 0 bridgehead atoms. The third kappa shape index (κ3) is 7.38. The molecule has 0 saturated heterocycles. The highest BCUT2D eigenvalue weighted by Crippen LogP contribution is 2.33. The van der Waals surface area contributed by atoms with Crippen LogP contribution < -0.4 is 26.6 Å². The Hall–Kier alpha value is -4.14. The molecule has 9 nitrogen and oxygen atoms in total. The first-order chi connectivity index (χ1) is 20.4. The maximum Gasteiger partial charge on any atom is 0.329 e. The van der Waals surface area contributed by atoms with Crippen LogP contribution in [0.4, 0.5) is 0 Å². The predicted molar refractivity (Wildman–Crippen MR) is 161 cm³/mol. The third-order valence-corrected chi connectivity index (χ3v) is 8.61. The Morgan fingerprint density at radius 1 is 0.833 bits per heavy atom. The summed E-state index contributed by atoms with van der Waals surface area (Å²) >= 11 is 0. The maximum atomic E-state index is 13.6. The number of carbonyl (C=O) groups excluding carboxylic acids is 2. The van der Waals surface area contributed by atoms with Crippen LogP contribution in [0.25, 0.3) is 0 Å². The van der Waals surface area contributed by atoms with E-state index in [1.807, 2.05) is 48.5 Å².